The van der Waals surface area contributed by atoms with Crippen LogP contribution in [-0.4, -0.2) is 29.6 Å². The molecule has 0 spiro atoms. The number of fused-ring (bicyclic) bond motifs is 2. The summed E-state index contributed by atoms with van der Waals surface area (Å²) in [7, 11) is 0. The van der Waals surface area contributed by atoms with Crippen molar-refractivity contribution in [2.45, 2.75) is 49.9 Å². The Labute approximate surface area is 209 Å². The lowest BCUT2D eigenvalue weighted by Crippen LogP contribution is -2.55. The normalized spacial score (nSPS) is 28.7. The Kier molecular flexibility index (Phi) is 5.95. The van der Waals surface area contributed by atoms with Crippen molar-refractivity contribution in [3.8, 4) is 11.3 Å². The molecule has 2 saturated carbocycles. The number of aliphatic hydroxyl groups is 1. The lowest BCUT2D eigenvalue weighted by Gasteiger charge is -2.51. The Morgan fingerprint density at radius 3 is 2.29 bits per heavy atom. The van der Waals surface area contributed by atoms with Gasteiger partial charge in [-0.1, -0.05) is 64.8 Å². The second-order valence-corrected chi connectivity index (χ2v) is 10.6. The number of nitrogens with zero attached hydrogens (tertiary/aromatic N) is 1. The first-order chi connectivity index (χ1) is 16.6. The van der Waals surface area contributed by atoms with Crippen LogP contribution in [0.3, 0.4) is 0 Å². The number of aromatic nitrogens is 1. The predicted molar refractivity (Wildman–Crippen MR) is 130 cm³/mol. The van der Waals surface area contributed by atoms with E-state index in [-0.39, 0.29) is 17.9 Å². The van der Waals surface area contributed by atoms with Crippen molar-refractivity contribution >= 4 is 23.2 Å². The third-order valence-corrected chi connectivity index (χ3v) is 8.27. The van der Waals surface area contributed by atoms with Gasteiger partial charge in [0.15, 0.2) is 0 Å². The minimum absolute atomic E-state index is 0.0133. The van der Waals surface area contributed by atoms with Gasteiger partial charge in [0.1, 0.15) is 11.5 Å². The maximum absolute atomic E-state index is 11.8. The number of hydrogen-bond acceptors (Lipinski definition) is 5. The number of ether oxygens (including phenoxy) is 2. The van der Waals surface area contributed by atoms with E-state index < -0.39 is 5.60 Å². The highest BCUT2D eigenvalue weighted by atomic mass is 35.5. The van der Waals surface area contributed by atoms with E-state index in [4.69, 9.17) is 37.2 Å². The summed E-state index contributed by atoms with van der Waals surface area (Å²) in [6.07, 6.45) is 3.65. The number of benzene rings is 2. The van der Waals surface area contributed by atoms with Crippen molar-refractivity contribution in [1.29, 1.82) is 0 Å². The lowest BCUT2D eigenvalue weighted by atomic mass is 9.63. The fourth-order valence-electron chi connectivity index (χ4n) is 5.73. The zero-order valence-corrected chi connectivity index (χ0v) is 20.3. The fourth-order valence-corrected chi connectivity index (χ4v) is 6.30. The van der Waals surface area contributed by atoms with E-state index in [1.165, 1.54) is 0 Å². The van der Waals surface area contributed by atoms with Gasteiger partial charge in [0, 0.05) is 28.9 Å². The molecule has 0 amide bonds. The molecule has 1 saturated heterocycles. The summed E-state index contributed by atoms with van der Waals surface area (Å²) < 4.78 is 18.1. The quantitative estimate of drug-likeness (QED) is 0.427. The monoisotopic (exact) mass is 499 g/mol. The molecule has 2 atom stereocenters. The van der Waals surface area contributed by atoms with Crippen molar-refractivity contribution in [1.82, 2.24) is 5.16 Å². The van der Waals surface area contributed by atoms with Crippen LogP contribution in [0.15, 0.2) is 53.1 Å². The van der Waals surface area contributed by atoms with E-state index in [1.54, 1.807) is 0 Å². The number of hydrogen-bond donors (Lipinski definition) is 1. The molecule has 6 rings (SSSR count). The van der Waals surface area contributed by atoms with Crippen LogP contribution in [0.25, 0.3) is 11.3 Å². The van der Waals surface area contributed by atoms with Crippen molar-refractivity contribution in [3.05, 3.63) is 75.5 Å². The number of halogens is 2. The smallest absolute Gasteiger partial charge is 0.145 e. The highest BCUT2D eigenvalue weighted by molar-refractivity contribution is 6.39. The highest BCUT2D eigenvalue weighted by Gasteiger charge is 2.53. The van der Waals surface area contributed by atoms with Crippen LogP contribution in [0.5, 0.6) is 0 Å². The maximum Gasteiger partial charge on any atom is 0.145 e. The zero-order valence-electron chi connectivity index (χ0n) is 18.8. The van der Waals surface area contributed by atoms with Gasteiger partial charge in [-0.3, -0.25) is 0 Å². The molecule has 0 radical (unpaired) electrons. The van der Waals surface area contributed by atoms with E-state index in [2.05, 4.69) is 5.16 Å². The molecule has 3 aliphatic rings. The molecule has 34 heavy (non-hydrogen) atoms. The molecule has 2 aliphatic carbocycles. The van der Waals surface area contributed by atoms with E-state index in [0.29, 0.717) is 47.0 Å². The first-order valence-electron chi connectivity index (χ1n) is 12.0. The van der Waals surface area contributed by atoms with Crippen molar-refractivity contribution in [2.24, 2.45) is 11.8 Å². The van der Waals surface area contributed by atoms with Crippen LogP contribution < -0.4 is 0 Å². The van der Waals surface area contributed by atoms with Gasteiger partial charge in [0.05, 0.1) is 41.6 Å². The Morgan fingerprint density at radius 1 is 0.971 bits per heavy atom. The summed E-state index contributed by atoms with van der Waals surface area (Å²) in [5, 5.41) is 17.2. The third-order valence-electron chi connectivity index (χ3n) is 7.64. The van der Waals surface area contributed by atoms with Gasteiger partial charge in [-0.05, 0) is 43.4 Å². The van der Waals surface area contributed by atoms with Crippen LogP contribution >= 0.6 is 23.2 Å². The van der Waals surface area contributed by atoms with Gasteiger partial charge < -0.3 is 19.1 Å². The first-order valence-corrected chi connectivity index (χ1v) is 12.7. The molecular weight excluding hydrogens is 473 g/mol. The Hall–Kier alpha value is -1.89. The SMILES string of the molecule is OC1(c2ccccc2)C2COCC1CC(OCc1c(-c3c(Cl)cccc3Cl)noc1C1CC1)C2. The van der Waals surface area contributed by atoms with Gasteiger partial charge in [-0.15, -0.1) is 0 Å². The van der Waals surface area contributed by atoms with Gasteiger partial charge in [-0.2, -0.15) is 0 Å². The molecule has 3 fully saturated rings. The molecule has 1 aliphatic heterocycles. The lowest BCUT2D eigenvalue weighted by molar-refractivity contribution is -0.209. The van der Waals surface area contributed by atoms with Gasteiger partial charge >= 0.3 is 0 Å². The van der Waals surface area contributed by atoms with E-state index >= 15 is 0 Å². The summed E-state index contributed by atoms with van der Waals surface area (Å²) in [4.78, 5) is 0. The summed E-state index contributed by atoms with van der Waals surface area (Å²) in [6.45, 7) is 1.44. The van der Waals surface area contributed by atoms with Crippen LogP contribution in [0, 0.1) is 11.8 Å². The van der Waals surface area contributed by atoms with E-state index in [9.17, 15) is 5.11 Å². The molecule has 1 aromatic heterocycles. The average molecular weight is 500 g/mol. The zero-order chi connectivity index (χ0) is 23.3. The molecule has 7 heteroatoms. The van der Waals surface area contributed by atoms with Gasteiger partial charge in [0.25, 0.3) is 0 Å². The van der Waals surface area contributed by atoms with Crippen LogP contribution in [0.2, 0.25) is 10.0 Å². The molecule has 2 bridgehead atoms. The molecule has 2 aromatic carbocycles. The molecule has 2 heterocycles. The fraction of sp³-hybridized carbons (Fsp3) is 0.444. The van der Waals surface area contributed by atoms with Crippen LogP contribution in [0.4, 0.5) is 0 Å². The van der Waals surface area contributed by atoms with Crippen LogP contribution in [-0.2, 0) is 21.7 Å². The molecule has 1 N–H and O–H groups in total. The Bertz CT molecular complexity index is 1140. The molecule has 2 unspecified atom stereocenters. The molecular formula is C27H27Cl2NO4. The summed E-state index contributed by atoms with van der Waals surface area (Å²) in [5.74, 6) is 1.22. The average Bonchev–Trinajstić information content (AvgIpc) is 3.59. The molecule has 5 nitrogen and oxygen atoms in total. The number of rotatable bonds is 6. The highest BCUT2D eigenvalue weighted by Crippen LogP contribution is 2.50. The summed E-state index contributed by atoms with van der Waals surface area (Å²) >= 11 is 13.0. The molecule has 178 valence electrons. The van der Waals surface area contributed by atoms with E-state index in [0.717, 1.165) is 42.6 Å². The summed E-state index contributed by atoms with van der Waals surface area (Å²) in [5.41, 5.74) is 2.37. The topological polar surface area (TPSA) is 64.7 Å². The van der Waals surface area contributed by atoms with E-state index in [1.807, 2.05) is 48.5 Å². The standard InChI is InChI=1S/C27H27Cl2NO4/c28-22-7-4-8-23(29)24(22)25-21(26(34-30-25)16-9-10-16)15-33-20-11-18-13-32-14-19(12-20)27(18,31)17-5-2-1-3-6-17/h1-8,16,18-20,31H,9-15H2. The molecule has 3 aromatic rings. The predicted octanol–water partition coefficient (Wildman–Crippen LogP) is 6.36. The van der Waals surface area contributed by atoms with Gasteiger partial charge in [-0.25, -0.2) is 0 Å². The summed E-state index contributed by atoms with van der Waals surface area (Å²) in [6, 6.07) is 15.4. The first kappa shape index (κ1) is 22.6. The Morgan fingerprint density at radius 2 is 1.65 bits per heavy atom. The maximum atomic E-state index is 11.8. The van der Waals surface area contributed by atoms with Crippen molar-refractivity contribution < 1.29 is 19.1 Å². The Balaban J connectivity index is 1.25. The minimum Gasteiger partial charge on any atom is -0.384 e. The minimum atomic E-state index is -0.883. The van der Waals surface area contributed by atoms with Gasteiger partial charge in [0.2, 0.25) is 0 Å². The second-order valence-electron chi connectivity index (χ2n) is 9.77. The van der Waals surface area contributed by atoms with Crippen molar-refractivity contribution in [3.63, 3.8) is 0 Å². The van der Waals surface area contributed by atoms with Crippen molar-refractivity contribution in [2.75, 3.05) is 13.2 Å². The largest absolute Gasteiger partial charge is 0.384 e. The third kappa shape index (κ3) is 3.88. The second kappa shape index (κ2) is 8.96. The van der Waals surface area contributed by atoms with Crippen LogP contribution in [0.1, 0.15) is 48.5 Å².